The third-order valence-corrected chi connectivity index (χ3v) is 4.92. The highest BCUT2D eigenvalue weighted by atomic mass is 16.5. The number of ether oxygens (including phenoxy) is 1. The molecular weight excluding hydrogens is 372 g/mol. The zero-order valence-corrected chi connectivity index (χ0v) is 18.1. The lowest BCUT2D eigenvalue weighted by Gasteiger charge is -2.14. The molecule has 0 fully saturated rings. The van der Waals surface area contributed by atoms with Gasteiger partial charge in [0, 0.05) is 13.6 Å². The van der Waals surface area contributed by atoms with Gasteiger partial charge in [-0.25, -0.2) is 9.79 Å². The van der Waals surface area contributed by atoms with Crippen molar-refractivity contribution in [2.24, 2.45) is 4.99 Å². The van der Waals surface area contributed by atoms with E-state index in [9.17, 15) is 4.79 Å². The fourth-order valence-electron chi connectivity index (χ4n) is 3.14. The Bertz CT molecular complexity index is 1020. The second-order valence-corrected chi connectivity index (χ2v) is 7.66. The fourth-order valence-corrected chi connectivity index (χ4v) is 3.14. The molecule has 0 saturated carbocycles. The van der Waals surface area contributed by atoms with Gasteiger partial charge in [0.2, 0.25) is 0 Å². The number of rotatable bonds is 7. The lowest BCUT2D eigenvalue weighted by atomic mass is 10.0. The quantitative estimate of drug-likeness (QED) is 0.288. The van der Waals surface area contributed by atoms with Gasteiger partial charge in [-0.15, -0.1) is 0 Å². The smallest absolute Gasteiger partial charge is 0.338 e. The van der Waals surface area contributed by atoms with Gasteiger partial charge in [0.05, 0.1) is 17.6 Å². The maximum absolute atomic E-state index is 12.6. The van der Waals surface area contributed by atoms with Gasteiger partial charge in [-0.3, -0.25) is 0 Å². The predicted octanol–water partition coefficient (Wildman–Crippen LogP) is 5.76. The van der Waals surface area contributed by atoms with Crippen LogP contribution in [0.1, 0.15) is 38.2 Å². The van der Waals surface area contributed by atoms with Gasteiger partial charge in [-0.2, -0.15) is 0 Å². The normalized spacial score (nSPS) is 10.9. The van der Waals surface area contributed by atoms with Crippen LogP contribution in [0.15, 0.2) is 71.7 Å². The van der Waals surface area contributed by atoms with Gasteiger partial charge in [0.25, 0.3) is 0 Å². The van der Waals surface area contributed by atoms with Crippen molar-refractivity contribution in [1.29, 1.82) is 0 Å². The van der Waals surface area contributed by atoms with Crippen LogP contribution in [0.25, 0.3) is 0 Å². The topological polar surface area (TPSA) is 41.9 Å². The Labute approximate surface area is 178 Å². The summed E-state index contributed by atoms with van der Waals surface area (Å²) in [7, 11) is 2.00. The number of hydrogen-bond acceptors (Lipinski definition) is 3. The van der Waals surface area contributed by atoms with Gasteiger partial charge in [-0.05, 0) is 55.2 Å². The van der Waals surface area contributed by atoms with Crippen molar-refractivity contribution >= 4 is 18.0 Å². The van der Waals surface area contributed by atoms with E-state index >= 15 is 0 Å². The molecule has 154 valence electrons. The summed E-state index contributed by atoms with van der Waals surface area (Å²) in [5.41, 5.74) is 6.61. The molecule has 0 aromatic heterocycles. The van der Waals surface area contributed by atoms with Crippen molar-refractivity contribution in [3.63, 3.8) is 0 Å². The van der Waals surface area contributed by atoms with E-state index in [-0.39, 0.29) is 12.6 Å². The van der Waals surface area contributed by atoms with Crippen molar-refractivity contribution in [1.82, 2.24) is 4.90 Å². The lowest BCUT2D eigenvalue weighted by molar-refractivity contribution is 0.0472. The summed E-state index contributed by atoms with van der Waals surface area (Å²) < 4.78 is 5.51. The maximum Gasteiger partial charge on any atom is 0.338 e. The summed E-state index contributed by atoms with van der Waals surface area (Å²) in [5, 5.41) is 0. The zero-order chi connectivity index (χ0) is 21.5. The Morgan fingerprint density at radius 3 is 2.33 bits per heavy atom. The number of aryl methyl sites for hydroxylation is 3. The molecule has 3 aromatic carbocycles. The van der Waals surface area contributed by atoms with E-state index in [0.29, 0.717) is 5.56 Å². The number of nitrogens with zero attached hydrogens (tertiary/aromatic N) is 2. The van der Waals surface area contributed by atoms with Crippen LogP contribution in [0.4, 0.5) is 5.69 Å². The van der Waals surface area contributed by atoms with Crippen LogP contribution < -0.4 is 0 Å². The molecule has 0 radical (unpaired) electrons. The average molecular weight is 401 g/mol. The average Bonchev–Trinajstić information content (AvgIpc) is 2.74. The summed E-state index contributed by atoms with van der Waals surface area (Å²) in [6.45, 7) is 6.95. The molecular formula is C26H28N2O2. The molecule has 0 aliphatic heterocycles. The Balaban J connectivity index is 1.65. The summed E-state index contributed by atoms with van der Waals surface area (Å²) in [5.74, 6) is -0.312. The molecule has 0 heterocycles. The molecule has 3 rings (SSSR count). The van der Waals surface area contributed by atoms with Crippen LogP contribution in [0.2, 0.25) is 0 Å². The van der Waals surface area contributed by atoms with Crippen LogP contribution >= 0.6 is 0 Å². The molecule has 0 unspecified atom stereocenters. The highest BCUT2D eigenvalue weighted by Crippen LogP contribution is 2.24. The first-order valence-electron chi connectivity index (χ1n) is 10.0. The minimum atomic E-state index is -0.312. The van der Waals surface area contributed by atoms with Crippen LogP contribution in [-0.4, -0.2) is 24.3 Å². The van der Waals surface area contributed by atoms with Crippen LogP contribution in [-0.2, 0) is 17.9 Å². The van der Waals surface area contributed by atoms with Crippen molar-refractivity contribution < 1.29 is 9.53 Å². The maximum atomic E-state index is 12.6. The van der Waals surface area contributed by atoms with E-state index < -0.39 is 0 Å². The number of esters is 1. The highest BCUT2D eigenvalue weighted by Gasteiger charge is 2.13. The first-order chi connectivity index (χ1) is 14.4. The van der Waals surface area contributed by atoms with Crippen molar-refractivity contribution in [3.8, 4) is 0 Å². The Morgan fingerprint density at radius 2 is 1.63 bits per heavy atom. The van der Waals surface area contributed by atoms with E-state index in [1.807, 2.05) is 93.7 Å². The van der Waals surface area contributed by atoms with E-state index in [2.05, 4.69) is 17.1 Å². The molecule has 0 saturated heterocycles. The van der Waals surface area contributed by atoms with Crippen LogP contribution in [0, 0.1) is 20.8 Å². The molecule has 0 amide bonds. The van der Waals surface area contributed by atoms with Gasteiger partial charge in [0.1, 0.15) is 6.61 Å². The molecule has 3 aromatic rings. The van der Waals surface area contributed by atoms with Crippen molar-refractivity contribution in [2.75, 3.05) is 7.05 Å². The Morgan fingerprint density at radius 1 is 0.933 bits per heavy atom. The standard InChI is InChI=1S/C26H28N2O2/c1-19-10-12-23(13-11-19)17-30-26(29)24-14-21(3)25(15-20(24)2)27-18-28(4)16-22-8-6-5-7-9-22/h5-15,18H,16-17H2,1-4H3. The van der Waals surface area contributed by atoms with Gasteiger partial charge in [-0.1, -0.05) is 60.2 Å². The summed E-state index contributed by atoms with van der Waals surface area (Å²) in [6.07, 6.45) is 1.82. The minimum absolute atomic E-state index is 0.266. The predicted molar refractivity (Wildman–Crippen MR) is 122 cm³/mol. The highest BCUT2D eigenvalue weighted by molar-refractivity contribution is 5.92. The number of benzene rings is 3. The summed E-state index contributed by atoms with van der Waals surface area (Å²) in [6, 6.07) is 22.0. The van der Waals surface area contributed by atoms with E-state index in [1.165, 1.54) is 11.1 Å². The first-order valence-corrected chi connectivity index (χ1v) is 10.0. The minimum Gasteiger partial charge on any atom is -0.457 e. The van der Waals surface area contributed by atoms with Gasteiger partial charge >= 0.3 is 5.97 Å². The van der Waals surface area contributed by atoms with E-state index in [0.717, 1.165) is 28.9 Å². The SMILES string of the molecule is Cc1ccc(COC(=O)c2cc(C)c(N=CN(C)Cc3ccccc3)cc2C)cc1. The molecule has 0 bridgehead atoms. The molecule has 30 heavy (non-hydrogen) atoms. The Kier molecular flexibility index (Phi) is 7.02. The van der Waals surface area contributed by atoms with E-state index in [1.54, 1.807) is 0 Å². The monoisotopic (exact) mass is 400 g/mol. The lowest BCUT2D eigenvalue weighted by Crippen LogP contribution is -2.15. The third kappa shape index (κ3) is 5.80. The third-order valence-electron chi connectivity index (χ3n) is 4.92. The summed E-state index contributed by atoms with van der Waals surface area (Å²) >= 11 is 0. The molecule has 0 atom stereocenters. The van der Waals surface area contributed by atoms with Crippen molar-refractivity contribution in [3.05, 3.63) is 100 Å². The van der Waals surface area contributed by atoms with Crippen LogP contribution in [0.3, 0.4) is 0 Å². The van der Waals surface area contributed by atoms with Crippen molar-refractivity contribution in [2.45, 2.75) is 33.9 Å². The largest absolute Gasteiger partial charge is 0.457 e. The first kappa shape index (κ1) is 21.3. The van der Waals surface area contributed by atoms with Gasteiger partial charge in [0.15, 0.2) is 0 Å². The number of carbonyl (C=O) groups is 1. The van der Waals surface area contributed by atoms with Gasteiger partial charge < -0.3 is 9.64 Å². The molecule has 0 spiro atoms. The number of carbonyl (C=O) groups excluding carboxylic acids is 1. The molecule has 4 nitrogen and oxygen atoms in total. The second kappa shape index (κ2) is 9.88. The number of aliphatic imine (C=N–C) groups is 1. The van der Waals surface area contributed by atoms with Crippen LogP contribution in [0.5, 0.6) is 0 Å². The summed E-state index contributed by atoms with van der Waals surface area (Å²) in [4.78, 5) is 19.2. The van der Waals surface area contributed by atoms with E-state index in [4.69, 9.17) is 4.74 Å². The number of hydrogen-bond donors (Lipinski definition) is 0. The fraction of sp³-hybridized carbons (Fsp3) is 0.231. The second-order valence-electron chi connectivity index (χ2n) is 7.66. The molecule has 4 heteroatoms. The Hall–Kier alpha value is -3.40. The molecule has 0 N–H and O–H groups in total. The molecule has 0 aliphatic carbocycles. The molecule has 0 aliphatic rings. The zero-order valence-electron chi connectivity index (χ0n) is 18.1.